The van der Waals surface area contributed by atoms with Gasteiger partial charge in [-0.1, -0.05) is 51.4 Å². The molecule has 1 saturated carbocycles. The minimum atomic E-state index is -0.767. The maximum absolute atomic E-state index is 10.4. The molecule has 0 aromatic carbocycles. The zero-order valence-corrected chi connectivity index (χ0v) is 16.9. The van der Waals surface area contributed by atoms with Crippen LogP contribution >= 0.6 is 15.9 Å². The SMILES string of the molecule is CC(C)=CCCC(C)(O)/C=C/C=C(/C)[C@H]1CC[C@@](C)(O)[C@@H](Br)C1. The van der Waals surface area contributed by atoms with E-state index < -0.39 is 11.2 Å². The molecular weight excluding hydrogens is 352 g/mol. The first-order valence-electron chi connectivity index (χ1n) is 8.62. The summed E-state index contributed by atoms with van der Waals surface area (Å²) in [5.74, 6) is 0.500. The molecule has 132 valence electrons. The third kappa shape index (κ3) is 7.36. The van der Waals surface area contributed by atoms with E-state index in [1.54, 1.807) is 0 Å². The van der Waals surface area contributed by atoms with Gasteiger partial charge in [0, 0.05) is 4.83 Å². The second-order valence-electron chi connectivity index (χ2n) is 7.74. The average molecular weight is 385 g/mol. The van der Waals surface area contributed by atoms with Crippen LogP contribution < -0.4 is 0 Å². The highest BCUT2D eigenvalue weighted by atomic mass is 79.9. The topological polar surface area (TPSA) is 40.5 Å². The summed E-state index contributed by atoms with van der Waals surface area (Å²) in [5.41, 5.74) is 1.25. The zero-order chi connectivity index (χ0) is 17.7. The number of hydrogen-bond acceptors (Lipinski definition) is 2. The lowest BCUT2D eigenvalue weighted by Gasteiger charge is -2.38. The Morgan fingerprint density at radius 1 is 1.35 bits per heavy atom. The smallest absolute Gasteiger partial charge is 0.0805 e. The van der Waals surface area contributed by atoms with Gasteiger partial charge in [0.15, 0.2) is 0 Å². The molecule has 0 spiro atoms. The Labute approximate surface area is 150 Å². The average Bonchev–Trinajstić information content (AvgIpc) is 2.40. The van der Waals surface area contributed by atoms with Crippen LogP contribution in [0.3, 0.4) is 0 Å². The van der Waals surface area contributed by atoms with Gasteiger partial charge >= 0.3 is 0 Å². The normalized spacial score (nSPS) is 31.9. The fourth-order valence-corrected chi connectivity index (χ4v) is 3.62. The van der Waals surface area contributed by atoms with Crippen molar-refractivity contribution in [2.75, 3.05) is 0 Å². The number of allylic oxidation sites excluding steroid dienone is 5. The zero-order valence-electron chi connectivity index (χ0n) is 15.3. The lowest BCUT2D eigenvalue weighted by atomic mass is 9.77. The Bertz CT molecular complexity index is 468. The third-order valence-electron chi connectivity index (χ3n) is 4.83. The number of alkyl halides is 1. The van der Waals surface area contributed by atoms with Crippen LogP contribution in [-0.2, 0) is 0 Å². The van der Waals surface area contributed by atoms with Gasteiger partial charge < -0.3 is 10.2 Å². The van der Waals surface area contributed by atoms with Crippen molar-refractivity contribution in [3.05, 3.63) is 35.5 Å². The Hall–Kier alpha value is -0.380. The Balaban J connectivity index is 2.57. The van der Waals surface area contributed by atoms with Crippen LogP contribution in [-0.4, -0.2) is 26.2 Å². The van der Waals surface area contributed by atoms with E-state index in [1.165, 1.54) is 11.1 Å². The molecule has 3 heteroatoms. The van der Waals surface area contributed by atoms with Gasteiger partial charge in [0.05, 0.1) is 11.2 Å². The number of aliphatic hydroxyl groups is 2. The van der Waals surface area contributed by atoms with Crippen LogP contribution in [0, 0.1) is 5.92 Å². The van der Waals surface area contributed by atoms with Crippen LogP contribution in [0.5, 0.6) is 0 Å². The first-order chi connectivity index (χ1) is 10.5. The molecule has 0 aromatic heterocycles. The fourth-order valence-electron chi connectivity index (χ4n) is 2.94. The highest BCUT2D eigenvalue weighted by Crippen LogP contribution is 2.39. The van der Waals surface area contributed by atoms with Gasteiger partial charge in [0.2, 0.25) is 0 Å². The van der Waals surface area contributed by atoms with Gasteiger partial charge in [-0.3, -0.25) is 0 Å². The molecule has 2 nitrogen and oxygen atoms in total. The molecule has 2 N–H and O–H groups in total. The fraction of sp³-hybridized carbons (Fsp3) is 0.700. The minimum Gasteiger partial charge on any atom is -0.389 e. The van der Waals surface area contributed by atoms with Gasteiger partial charge in [0.25, 0.3) is 0 Å². The molecule has 1 fully saturated rings. The molecule has 1 aliphatic carbocycles. The highest BCUT2D eigenvalue weighted by Gasteiger charge is 2.36. The molecule has 1 aliphatic rings. The van der Waals surface area contributed by atoms with E-state index in [9.17, 15) is 10.2 Å². The monoisotopic (exact) mass is 384 g/mol. The Morgan fingerprint density at radius 3 is 2.57 bits per heavy atom. The van der Waals surface area contributed by atoms with Gasteiger partial charge in [-0.05, 0) is 72.6 Å². The quantitative estimate of drug-likeness (QED) is 0.370. The van der Waals surface area contributed by atoms with E-state index in [0.29, 0.717) is 5.92 Å². The molecule has 1 unspecified atom stereocenters. The molecular formula is C20H33BrO2. The van der Waals surface area contributed by atoms with E-state index in [2.05, 4.69) is 48.9 Å². The summed E-state index contributed by atoms with van der Waals surface area (Å²) < 4.78 is 0. The van der Waals surface area contributed by atoms with Crippen LogP contribution in [0.2, 0.25) is 0 Å². The predicted molar refractivity (Wildman–Crippen MR) is 103 cm³/mol. The van der Waals surface area contributed by atoms with E-state index >= 15 is 0 Å². The van der Waals surface area contributed by atoms with E-state index in [-0.39, 0.29) is 4.83 Å². The summed E-state index contributed by atoms with van der Waals surface area (Å²) in [6.45, 7) is 10.1. The molecule has 0 bridgehead atoms. The first-order valence-corrected chi connectivity index (χ1v) is 9.53. The van der Waals surface area contributed by atoms with Crippen molar-refractivity contribution in [1.82, 2.24) is 0 Å². The molecule has 4 atom stereocenters. The second-order valence-corrected chi connectivity index (χ2v) is 8.85. The van der Waals surface area contributed by atoms with Crippen molar-refractivity contribution in [2.24, 2.45) is 5.92 Å². The van der Waals surface area contributed by atoms with Gasteiger partial charge in [-0.15, -0.1) is 0 Å². The molecule has 0 aromatic rings. The second kappa shape index (κ2) is 8.64. The van der Waals surface area contributed by atoms with Crippen molar-refractivity contribution >= 4 is 15.9 Å². The summed E-state index contributed by atoms with van der Waals surface area (Å²) in [6.07, 6.45) is 12.6. The van der Waals surface area contributed by atoms with Crippen LogP contribution in [0.25, 0.3) is 0 Å². The minimum absolute atomic E-state index is 0.147. The Morgan fingerprint density at radius 2 is 2.00 bits per heavy atom. The predicted octanol–water partition coefficient (Wildman–Crippen LogP) is 5.30. The van der Waals surface area contributed by atoms with Crippen molar-refractivity contribution in [3.8, 4) is 0 Å². The van der Waals surface area contributed by atoms with Crippen molar-refractivity contribution < 1.29 is 10.2 Å². The van der Waals surface area contributed by atoms with Gasteiger partial charge in [-0.2, -0.15) is 0 Å². The van der Waals surface area contributed by atoms with Crippen molar-refractivity contribution in [3.63, 3.8) is 0 Å². The molecule has 1 rings (SSSR count). The standard InChI is InChI=1S/C20H33BrO2/c1-15(2)8-6-11-19(4,22)12-7-9-16(3)17-10-13-20(5,23)18(21)14-17/h7-9,12,17-18,22-23H,6,10-11,13-14H2,1-5H3/b12-7+,16-9-/t17-,18-,19?,20+/m0/s1. The first kappa shape index (κ1) is 20.7. The lowest BCUT2D eigenvalue weighted by Crippen LogP contribution is -2.41. The Kier molecular flexibility index (Phi) is 7.76. The summed E-state index contributed by atoms with van der Waals surface area (Å²) in [6, 6.07) is 0. The lowest BCUT2D eigenvalue weighted by molar-refractivity contribution is 0.0214. The number of halogens is 1. The molecule has 0 amide bonds. The van der Waals surface area contributed by atoms with E-state index in [4.69, 9.17) is 0 Å². The molecule has 0 saturated heterocycles. The summed E-state index contributed by atoms with van der Waals surface area (Å²) in [7, 11) is 0. The molecule has 0 heterocycles. The van der Waals surface area contributed by atoms with Crippen molar-refractivity contribution in [1.29, 1.82) is 0 Å². The third-order valence-corrected chi connectivity index (χ3v) is 6.19. The van der Waals surface area contributed by atoms with Crippen LogP contribution in [0.4, 0.5) is 0 Å². The maximum atomic E-state index is 10.4. The number of hydrogen-bond donors (Lipinski definition) is 2. The largest absolute Gasteiger partial charge is 0.389 e. The van der Waals surface area contributed by atoms with E-state index in [1.807, 2.05) is 26.0 Å². The van der Waals surface area contributed by atoms with Gasteiger partial charge in [0.1, 0.15) is 0 Å². The highest BCUT2D eigenvalue weighted by molar-refractivity contribution is 9.09. The summed E-state index contributed by atoms with van der Waals surface area (Å²) >= 11 is 3.62. The van der Waals surface area contributed by atoms with Crippen LogP contribution in [0.1, 0.15) is 66.7 Å². The summed E-state index contributed by atoms with van der Waals surface area (Å²) in [4.78, 5) is 0.147. The summed E-state index contributed by atoms with van der Waals surface area (Å²) in [5, 5.41) is 20.6. The molecule has 0 radical (unpaired) electrons. The molecule has 0 aliphatic heterocycles. The molecule has 23 heavy (non-hydrogen) atoms. The maximum Gasteiger partial charge on any atom is 0.0805 e. The van der Waals surface area contributed by atoms with Crippen molar-refractivity contribution in [2.45, 2.75) is 82.8 Å². The van der Waals surface area contributed by atoms with E-state index in [0.717, 1.165) is 32.1 Å². The van der Waals surface area contributed by atoms with Crippen LogP contribution in [0.15, 0.2) is 35.5 Å². The van der Waals surface area contributed by atoms with Gasteiger partial charge in [-0.25, -0.2) is 0 Å². The number of rotatable bonds is 6.